The van der Waals surface area contributed by atoms with E-state index < -0.39 is 0 Å². The molecule has 0 aliphatic carbocycles. The maximum Gasteiger partial charge on any atom is 0.209 e. The van der Waals surface area contributed by atoms with Gasteiger partial charge in [-0.05, 0) is 35.7 Å². The van der Waals surface area contributed by atoms with Crippen molar-refractivity contribution in [2.24, 2.45) is 0 Å². The number of thiazole rings is 1. The minimum atomic E-state index is 0.268. The maximum atomic E-state index is 4.65. The van der Waals surface area contributed by atoms with Crippen LogP contribution in [0.2, 0.25) is 0 Å². The minimum Gasteiger partial charge on any atom is -0.240 e. The van der Waals surface area contributed by atoms with Gasteiger partial charge in [0.1, 0.15) is 5.01 Å². The summed E-state index contributed by atoms with van der Waals surface area (Å²) in [6.07, 6.45) is 0. The summed E-state index contributed by atoms with van der Waals surface area (Å²) in [7, 11) is 0. The van der Waals surface area contributed by atoms with E-state index in [0.717, 1.165) is 21.6 Å². The van der Waals surface area contributed by atoms with Crippen LogP contribution in [0.3, 0.4) is 0 Å². The molecule has 5 nitrogen and oxygen atoms in total. The number of hydrogen-bond donors (Lipinski definition) is 0. The minimum absolute atomic E-state index is 0.268. The number of tetrazole rings is 1. The number of nitrogens with zero attached hydrogens (tertiary/aromatic N) is 5. The summed E-state index contributed by atoms with van der Waals surface area (Å²) < 4.78 is 1.83. The van der Waals surface area contributed by atoms with E-state index in [1.807, 2.05) is 4.68 Å². The molecule has 3 heterocycles. The van der Waals surface area contributed by atoms with Gasteiger partial charge in [0.25, 0.3) is 0 Å². The van der Waals surface area contributed by atoms with Crippen LogP contribution < -0.4 is 0 Å². The zero-order chi connectivity index (χ0) is 13.9. The molecule has 3 rings (SSSR count). The Hall–Kier alpha value is -1.25. The van der Waals surface area contributed by atoms with Crippen molar-refractivity contribution in [3.8, 4) is 10.6 Å². The maximum absolute atomic E-state index is 4.65. The van der Waals surface area contributed by atoms with Gasteiger partial charge in [0, 0.05) is 22.1 Å². The summed E-state index contributed by atoms with van der Waals surface area (Å²) in [5.41, 5.74) is 2.27. The van der Waals surface area contributed by atoms with Crippen LogP contribution in [0.4, 0.5) is 0 Å². The molecule has 0 saturated carbocycles. The lowest BCUT2D eigenvalue weighted by Crippen LogP contribution is -2.04. The third kappa shape index (κ3) is 2.92. The first-order valence-electron chi connectivity index (χ1n) is 6.11. The average molecular weight is 323 g/mol. The van der Waals surface area contributed by atoms with Crippen LogP contribution in [-0.4, -0.2) is 25.2 Å². The normalized spacial score (nSPS) is 11.3. The molecule has 0 amide bonds. The van der Waals surface area contributed by atoms with Gasteiger partial charge in [-0.3, -0.25) is 0 Å². The Morgan fingerprint density at radius 2 is 2.25 bits per heavy atom. The summed E-state index contributed by atoms with van der Waals surface area (Å²) in [5.74, 6) is 0.785. The molecular weight excluding hydrogens is 310 g/mol. The van der Waals surface area contributed by atoms with Crippen molar-refractivity contribution in [2.45, 2.75) is 30.8 Å². The predicted molar refractivity (Wildman–Crippen MR) is 83.2 cm³/mol. The van der Waals surface area contributed by atoms with E-state index in [9.17, 15) is 0 Å². The average Bonchev–Trinajstić information content (AvgIpc) is 3.16. The largest absolute Gasteiger partial charge is 0.240 e. The topological polar surface area (TPSA) is 56.5 Å². The third-order valence-corrected chi connectivity index (χ3v) is 5.21. The Labute approximate surface area is 129 Å². The summed E-state index contributed by atoms with van der Waals surface area (Å²) in [4.78, 5) is 4.65. The second kappa shape index (κ2) is 6.02. The van der Waals surface area contributed by atoms with Gasteiger partial charge in [-0.25, -0.2) is 9.67 Å². The Bertz CT molecular complexity index is 671. The predicted octanol–water partition coefficient (Wildman–Crippen LogP) is 3.73. The highest BCUT2D eigenvalue weighted by Gasteiger charge is 2.11. The Kier molecular flexibility index (Phi) is 4.13. The number of thiophene rings is 1. The van der Waals surface area contributed by atoms with E-state index in [-0.39, 0.29) is 6.04 Å². The SMILES string of the molecule is CC(C)n1nnnc1SCc1csc(-c2ccsc2)n1. The van der Waals surface area contributed by atoms with Gasteiger partial charge >= 0.3 is 0 Å². The van der Waals surface area contributed by atoms with Crippen molar-refractivity contribution < 1.29 is 0 Å². The molecule has 0 radical (unpaired) electrons. The Morgan fingerprint density at radius 1 is 1.35 bits per heavy atom. The quantitative estimate of drug-likeness (QED) is 0.670. The van der Waals surface area contributed by atoms with Crippen molar-refractivity contribution in [3.05, 3.63) is 27.9 Å². The van der Waals surface area contributed by atoms with Gasteiger partial charge in [0.05, 0.1) is 11.7 Å². The second-order valence-corrected chi connectivity index (χ2v) is 7.03. The van der Waals surface area contributed by atoms with Crippen LogP contribution in [0.15, 0.2) is 27.4 Å². The summed E-state index contributed by atoms with van der Waals surface area (Å²) in [6.45, 7) is 4.13. The third-order valence-electron chi connectivity index (χ3n) is 2.62. The van der Waals surface area contributed by atoms with E-state index in [2.05, 4.69) is 56.6 Å². The molecule has 0 saturated heterocycles. The molecule has 8 heteroatoms. The molecule has 0 spiro atoms. The lowest BCUT2D eigenvalue weighted by molar-refractivity contribution is 0.477. The highest BCUT2D eigenvalue weighted by molar-refractivity contribution is 7.98. The molecule has 0 unspecified atom stereocenters. The molecule has 104 valence electrons. The van der Waals surface area contributed by atoms with Crippen LogP contribution in [0, 0.1) is 0 Å². The van der Waals surface area contributed by atoms with Crippen molar-refractivity contribution in [1.82, 2.24) is 25.2 Å². The molecule has 3 aromatic rings. The molecule has 0 aliphatic rings. The summed E-state index contributed by atoms with van der Waals surface area (Å²) in [6, 6.07) is 2.36. The van der Waals surface area contributed by atoms with Gasteiger partial charge in [-0.2, -0.15) is 11.3 Å². The molecule has 0 bridgehead atoms. The second-order valence-electron chi connectivity index (χ2n) is 4.44. The van der Waals surface area contributed by atoms with Crippen LogP contribution in [0.25, 0.3) is 10.6 Å². The van der Waals surface area contributed by atoms with E-state index in [0.29, 0.717) is 0 Å². The molecule has 0 N–H and O–H groups in total. The first-order valence-corrected chi connectivity index (χ1v) is 8.92. The number of aromatic nitrogens is 5. The number of hydrogen-bond acceptors (Lipinski definition) is 7. The first-order chi connectivity index (χ1) is 9.74. The standard InChI is InChI=1S/C12H13N5S3/c1-8(2)17-12(14-15-16-17)20-7-10-6-19-11(13-10)9-3-4-18-5-9/h3-6,8H,7H2,1-2H3. The summed E-state index contributed by atoms with van der Waals surface area (Å²) in [5, 5.41) is 20.0. The fraction of sp³-hybridized carbons (Fsp3) is 0.333. The van der Waals surface area contributed by atoms with Gasteiger partial charge in [-0.15, -0.1) is 16.4 Å². The molecular formula is C12H13N5S3. The van der Waals surface area contributed by atoms with Crippen molar-refractivity contribution in [1.29, 1.82) is 0 Å². The van der Waals surface area contributed by atoms with E-state index >= 15 is 0 Å². The highest BCUT2D eigenvalue weighted by atomic mass is 32.2. The summed E-state index contributed by atoms with van der Waals surface area (Å²) >= 11 is 4.99. The van der Waals surface area contributed by atoms with Crippen molar-refractivity contribution in [2.75, 3.05) is 0 Å². The fourth-order valence-electron chi connectivity index (χ4n) is 1.64. The van der Waals surface area contributed by atoms with Crippen LogP contribution >= 0.6 is 34.4 Å². The van der Waals surface area contributed by atoms with Crippen LogP contribution in [-0.2, 0) is 5.75 Å². The first kappa shape index (κ1) is 13.7. The van der Waals surface area contributed by atoms with Crippen LogP contribution in [0.1, 0.15) is 25.6 Å². The molecule has 20 heavy (non-hydrogen) atoms. The molecule has 0 aliphatic heterocycles. The van der Waals surface area contributed by atoms with Gasteiger partial charge < -0.3 is 0 Å². The van der Waals surface area contributed by atoms with Gasteiger partial charge in [0.15, 0.2) is 0 Å². The zero-order valence-corrected chi connectivity index (χ0v) is 13.5. The van der Waals surface area contributed by atoms with Crippen LogP contribution in [0.5, 0.6) is 0 Å². The smallest absolute Gasteiger partial charge is 0.209 e. The number of rotatable bonds is 5. The van der Waals surface area contributed by atoms with E-state index in [1.54, 1.807) is 34.4 Å². The van der Waals surface area contributed by atoms with Gasteiger partial charge in [-0.1, -0.05) is 11.8 Å². The molecule has 3 aromatic heterocycles. The fourth-order valence-corrected chi connectivity index (χ4v) is 4.17. The van der Waals surface area contributed by atoms with Crippen molar-refractivity contribution in [3.63, 3.8) is 0 Å². The highest BCUT2D eigenvalue weighted by Crippen LogP contribution is 2.28. The molecule has 0 fully saturated rings. The lowest BCUT2D eigenvalue weighted by Gasteiger charge is -2.05. The Balaban J connectivity index is 1.68. The molecule has 0 aromatic carbocycles. The number of thioether (sulfide) groups is 1. The molecule has 0 atom stereocenters. The van der Waals surface area contributed by atoms with Crippen molar-refractivity contribution >= 4 is 34.4 Å². The zero-order valence-electron chi connectivity index (χ0n) is 11.1. The monoisotopic (exact) mass is 323 g/mol. The van der Waals surface area contributed by atoms with Gasteiger partial charge in [0.2, 0.25) is 5.16 Å². The van der Waals surface area contributed by atoms with E-state index in [1.165, 1.54) is 5.56 Å². The Morgan fingerprint density at radius 3 is 3.00 bits per heavy atom. The van der Waals surface area contributed by atoms with E-state index in [4.69, 9.17) is 0 Å². The lowest BCUT2D eigenvalue weighted by atomic mass is 10.4.